The summed E-state index contributed by atoms with van der Waals surface area (Å²) in [5, 5.41) is 19.8. The average Bonchev–Trinajstić information content (AvgIpc) is 2.77. The minimum atomic E-state index is -0.464. The largest absolute Gasteiger partial charge is 0.309 e. The molecule has 1 amide bonds. The fourth-order valence-corrected chi connectivity index (χ4v) is 1.50. The van der Waals surface area contributed by atoms with Gasteiger partial charge in [0.15, 0.2) is 5.82 Å². The molecule has 0 aliphatic carbocycles. The Bertz CT molecular complexity index is 606. The summed E-state index contributed by atoms with van der Waals surface area (Å²) in [6, 6.07) is 7.77. The number of aromatic amines is 1. The van der Waals surface area contributed by atoms with Crippen molar-refractivity contribution in [2.75, 3.05) is 5.32 Å². The van der Waals surface area contributed by atoms with Gasteiger partial charge in [0.1, 0.15) is 0 Å². The first-order chi connectivity index (χ1) is 8.56. The first kappa shape index (κ1) is 11.8. The van der Waals surface area contributed by atoms with E-state index in [0.29, 0.717) is 17.1 Å². The van der Waals surface area contributed by atoms with Crippen molar-refractivity contribution in [1.82, 2.24) is 10.2 Å². The van der Waals surface area contributed by atoms with Crippen molar-refractivity contribution >= 4 is 17.4 Å². The van der Waals surface area contributed by atoms with E-state index in [1.54, 1.807) is 18.2 Å². The highest BCUT2D eigenvalue weighted by molar-refractivity contribution is 5.88. The number of H-pyrrole nitrogens is 1. The number of amides is 1. The van der Waals surface area contributed by atoms with Crippen LogP contribution in [0.3, 0.4) is 0 Å². The Morgan fingerprint density at radius 3 is 2.89 bits per heavy atom. The molecule has 0 fully saturated rings. The summed E-state index contributed by atoms with van der Waals surface area (Å²) in [5.74, 6) is 0.149. The quantitative estimate of drug-likeness (QED) is 0.638. The van der Waals surface area contributed by atoms with Gasteiger partial charge < -0.3 is 5.32 Å². The van der Waals surface area contributed by atoms with Gasteiger partial charge in [-0.3, -0.25) is 20.0 Å². The molecule has 2 N–H and O–H groups in total. The maximum absolute atomic E-state index is 10.8. The molecule has 2 rings (SSSR count). The number of nitrogens with one attached hydrogen (secondary N) is 2. The molecule has 0 saturated carbocycles. The number of carbonyl (C=O) groups excluding carboxylic acids is 1. The SMILES string of the molecule is CC(=O)Nc1cc(-c2cccc([N+](=O)[O-])c2)[nH]n1. The molecule has 7 heteroatoms. The van der Waals surface area contributed by atoms with E-state index in [1.165, 1.54) is 19.1 Å². The Kier molecular flexibility index (Phi) is 3.05. The zero-order valence-electron chi connectivity index (χ0n) is 9.51. The molecule has 0 atom stereocenters. The third kappa shape index (κ3) is 2.51. The number of carbonyl (C=O) groups is 1. The molecule has 0 bridgehead atoms. The normalized spacial score (nSPS) is 10.1. The van der Waals surface area contributed by atoms with Crippen molar-refractivity contribution in [1.29, 1.82) is 0 Å². The van der Waals surface area contributed by atoms with Crippen LogP contribution >= 0.6 is 0 Å². The van der Waals surface area contributed by atoms with Gasteiger partial charge in [-0.1, -0.05) is 12.1 Å². The summed E-state index contributed by atoms with van der Waals surface area (Å²) in [6.45, 7) is 1.38. The van der Waals surface area contributed by atoms with E-state index < -0.39 is 4.92 Å². The number of hydrogen-bond acceptors (Lipinski definition) is 4. The van der Waals surface area contributed by atoms with E-state index >= 15 is 0 Å². The maximum Gasteiger partial charge on any atom is 0.270 e. The van der Waals surface area contributed by atoms with Crippen LogP contribution in [0.1, 0.15) is 6.92 Å². The summed E-state index contributed by atoms with van der Waals surface area (Å²) in [5.41, 5.74) is 1.24. The molecule has 0 aliphatic rings. The molecule has 0 aliphatic heterocycles. The molecule has 0 saturated heterocycles. The minimum absolute atomic E-state index is 0.00294. The Balaban J connectivity index is 2.31. The summed E-state index contributed by atoms with van der Waals surface area (Å²) in [4.78, 5) is 21.0. The van der Waals surface area contributed by atoms with Crippen LogP contribution in [0.25, 0.3) is 11.3 Å². The summed E-state index contributed by atoms with van der Waals surface area (Å²) >= 11 is 0. The van der Waals surface area contributed by atoms with E-state index in [-0.39, 0.29) is 11.6 Å². The number of aromatic nitrogens is 2. The fourth-order valence-electron chi connectivity index (χ4n) is 1.50. The predicted octanol–water partition coefficient (Wildman–Crippen LogP) is 1.94. The summed E-state index contributed by atoms with van der Waals surface area (Å²) < 4.78 is 0. The van der Waals surface area contributed by atoms with Crippen LogP contribution in [0.2, 0.25) is 0 Å². The third-order valence-corrected chi connectivity index (χ3v) is 2.25. The van der Waals surface area contributed by atoms with E-state index in [9.17, 15) is 14.9 Å². The van der Waals surface area contributed by atoms with E-state index in [2.05, 4.69) is 15.5 Å². The van der Waals surface area contributed by atoms with Gasteiger partial charge in [-0.05, 0) is 0 Å². The number of rotatable bonds is 3. The number of nitro benzene ring substituents is 1. The van der Waals surface area contributed by atoms with Crippen LogP contribution in [-0.4, -0.2) is 21.0 Å². The topological polar surface area (TPSA) is 101 Å². The van der Waals surface area contributed by atoms with Crippen LogP contribution in [0, 0.1) is 10.1 Å². The number of nitro groups is 1. The highest BCUT2D eigenvalue weighted by atomic mass is 16.6. The second kappa shape index (κ2) is 4.66. The Morgan fingerprint density at radius 1 is 1.44 bits per heavy atom. The first-order valence-corrected chi connectivity index (χ1v) is 5.14. The lowest BCUT2D eigenvalue weighted by molar-refractivity contribution is -0.384. The molecule has 1 aromatic heterocycles. The van der Waals surface area contributed by atoms with E-state index in [0.717, 1.165) is 0 Å². The molecule has 0 unspecified atom stereocenters. The van der Waals surface area contributed by atoms with Crippen molar-refractivity contribution in [3.63, 3.8) is 0 Å². The van der Waals surface area contributed by atoms with Crippen LogP contribution in [0.15, 0.2) is 30.3 Å². The average molecular weight is 246 g/mol. The lowest BCUT2D eigenvalue weighted by atomic mass is 10.1. The molecule has 7 nitrogen and oxygen atoms in total. The van der Waals surface area contributed by atoms with Crippen LogP contribution in [0.5, 0.6) is 0 Å². The van der Waals surface area contributed by atoms with Gasteiger partial charge in [0.05, 0.1) is 10.6 Å². The van der Waals surface area contributed by atoms with E-state index in [4.69, 9.17) is 0 Å². The zero-order valence-corrected chi connectivity index (χ0v) is 9.51. The lowest BCUT2D eigenvalue weighted by Crippen LogP contribution is -2.05. The van der Waals surface area contributed by atoms with Crippen molar-refractivity contribution in [3.05, 3.63) is 40.4 Å². The van der Waals surface area contributed by atoms with Gasteiger partial charge in [-0.2, -0.15) is 5.10 Å². The Labute approximate surface area is 102 Å². The van der Waals surface area contributed by atoms with Crippen LogP contribution < -0.4 is 5.32 Å². The van der Waals surface area contributed by atoms with Crippen molar-refractivity contribution < 1.29 is 9.72 Å². The van der Waals surface area contributed by atoms with Crippen molar-refractivity contribution in [2.45, 2.75) is 6.92 Å². The number of non-ortho nitro benzene ring substituents is 1. The zero-order chi connectivity index (χ0) is 13.1. The molecule has 0 radical (unpaired) electrons. The van der Waals surface area contributed by atoms with Crippen molar-refractivity contribution in [2.24, 2.45) is 0 Å². The van der Waals surface area contributed by atoms with Crippen LogP contribution in [0.4, 0.5) is 11.5 Å². The summed E-state index contributed by atoms with van der Waals surface area (Å²) in [7, 11) is 0. The minimum Gasteiger partial charge on any atom is -0.309 e. The Morgan fingerprint density at radius 2 is 2.22 bits per heavy atom. The number of nitrogens with zero attached hydrogens (tertiary/aromatic N) is 2. The number of hydrogen-bond donors (Lipinski definition) is 2. The van der Waals surface area contributed by atoms with Gasteiger partial charge in [-0.25, -0.2) is 0 Å². The molecule has 2 aromatic rings. The number of anilines is 1. The highest BCUT2D eigenvalue weighted by Crippen LogP contribution is 2.23. The molecule has 1 heterocycles. The maximum atomic E-state index is 10.8. The summed E-state index contributed by atoms with van der Waals surface area (Å²) in [6.07, 6.45) is 0. The van der Waals surface area contributed by atoms with Crippen molar-refractivity contribution in [3.8, 4) is 11.3 Å². The van der Waals surface area contributed by atoms with Gasteiger partial charge >= 0.3 is 0 Å². The molecule has 1 aromatic carbocycles. The van der Waals surface area contributed by atoms with Gasteiger partial charge in [0.25, 0.3) is 5.69 Å². The second-order valence-corrected chi connectivity index (χ2v) is 3.66. The van der Waals surface area contributed by atoms with E-state index in [1.807, 2.05) is 0 Å². The predicted molar refractivity (Wildman–Crippen MR) is 65.0 cm³/mol. The first-order valence-electron chi connectivity index (χ1n) is 5.14. The van der Waals surface area contributed by atoms with Gasteiger partial charge in [0.2, 0.25) is 5.91 Å². The standard InChI is InChI=1S/C11H10N4O3/c1-7(16)12-11-6-10(13-14-11)8-3-2-4-9(5-8)15(17)18/h2-6H,1H3,(H2,12,13,14,16). The molecule has 18 heavy (non-hydrogen) atoms. The fraction of sp³-hybridized carbons (Fsp3) is 0.0909. The monoisotopic (exact) mass is 246 g/mol. The smallest absolute Gasteiger partial charge is 0.270 e. The lowest BCUT2D eigenvalue weighted by Gasteiger charge is -1.96. The van der Waals surface area contributed by atoms with Gasteiger partial charge in [-0.15, -0.1) is 0 Å². The highest BCUT2D eigenvalue weighted by Gasteiger charge is 2.09. The molecular weight excluding hydrogens is 236 g/mol. The molecule has 92 valence electrons. The third-order valence-electron chi connectivity index (χ3n) is 2.25. The van der Waals surface area contributed by atoms with Gasteiger partial charge in [0, 0.05) is 30.7 Å². The Hall–Kier alpha value is -2.70. The molecule has 0 spiro atoms. The van der Waals surface area contributed by atoms with Crippen LogP contribution in [-0.2, 0) is 4.79 Å². The second-order valence-electron chi connectivity index (χ2n) is 3.66. The number of benzene rings is 1. The molecular formula is C11H10N4O3.